The van der Waals surface area contributed by atoms with Crippen LogP contribution in [0.5, 0.6) is 0 Å². The molecule has 8 heteroatoms. The van der Waals surface area contributed by atoms with E-state index in [0.717, 1.165) is 41.8 Å². The van der Waals surface area contributed by atoms with Crippen LogP contribution in [0.3, 0.4) is 0 Å². The number of nitrogens with one attached hydrogen (secondary N) is 1. The quantitative estimate of drug-likeness (QED) is 0.459. The summed E-state index contributed by atoms with van der Waals surface area (Å²) in [6.07, 6.45) is 13.1. The first-order chi connectivity index (χ1) is 18.5. The van der Waals surface area contributed by atoms with E-state index in [4.69, 9.17) is 0 Å². The van der Waals surface area contributed by atoms with Gasteiger partial charge in [-0.1, -0.05) is 25.0 Å². The maximum atomic E-state index is 13.4. The highest BCUT2D eigenvalue weighted by Crippen LogP contribution is 2.52. The summed E-state index contributed by atoms with van der Waals surface area (Å²) in [7, 11) is 0. The Kier molecular flexibility index (Phi) is 6.22. The molecule has 2 amide bonds. The fourth-order valence-corrected chi connectivity index (χ4v) is 6.28. The third kappa shape index (κ3) is 4.36. The van der Waals surface area contributed by atoms with Crippen molar-refractivity contribution in [2.24, 2.45) is 17.3 Å². The molecule has 1 aromatic carbocycles. The summed E-state index contributed by atoms with van der Waals surface area (Å²) in [5.74, 6) is 0.553. The number of hydrogen-bond acceptors (Lipinski definition) is 5. The highest BCUT2D eigenvalue weighted by Gasteiger charge is 2.56. The second-order valence-electron chi connectivity index (χ2n) is 11.0. The van der Waals surface area contributed by atoms with Gasteiger partial charge < -0.3 is 10.2 Å². The van der Waals surface area contributed by atoms with Crippen LogP contribution in [0.2, 0.25) is 0 Å². The SMILES string of the molecule is CC(=O)Nc1cccc(-c2cnn(CC3CCCC3)c2)c1-c1cc(N2CC[C@@](C#N)(C3CC3)C2=O)ccn1. The summed E-state index contributed by atoms with van der Waals surface area (Å²) < 4.78 is 2.02. The van der Waals surface area contributed by atoms with Crippen LogP contribution in [0.1, 0.15) is 51.9 Å². The van der Waals surface area contributed by atoms with E-state index in [9.17, 15) is 14.9 Å². The number of anilines is 2. The molecule has 0 unspecified atom stereocenters. The first-order valence-corrected chi connectivity index (χ1v) is 13.6. The number of pyridine rings is 1. The molecule has 2 aliphatic carbocycles. The third-order valence-electron chi connectivity index (χ3n) is 8.38. The van der Waals surface area contributed by atoms with Crippen molar-refractivity contribution in [2.45, 2.75) is 58.4 Å². The van der Waals surface area contributed by atoms with E-state index >= 15 is 0 Å². The monoisotopic (exact) mass is 508 g/mol. The lowest BCUT2D eigenvalue weighted by Gasteiger charge is -2.22. The predicted octanol–water partition coefficient (Wildman–Crippen LogP) is 5.42. The van der Waals surface area contributed by atoms with E-state index in [1.165, 1.54) is 32.6 Å². The van der Waals surface area contributed by atoms with Gasteiger partial charge in [-0.3, -0.25) is 19.3 Å². The molecule has 3 fully saturated rings. The average molecular weight is 509 g/mol. The average Bonchev–Trinajstić information content (AvgIpc) is 3.30. The van der Waals surface area contributed by atoms with E-state index in [2.05, 4.69) is 27.7 Å². The number of carbonyl (C=O) groups is 2. The number of carbonyl (C=O) groups excluding carboxylic acids is 2. The molecule has 1 aliphatic heterocycles. The highest BCUT2D eigenvalue weighted by molar-refractivity contribution is 6.03. The zero-order valence-electron chi connectivity index (χ0n) is 21.7. The van der Waals surface area contributed by atoms with Crippen molar-refractivity contribution in [2.75, 3.05) is 16.8 Å². The zero-order chi connectivity index (χ0) is 26.3. The normalized spacial score (nSPS) is 21.6. The molecule has 0 spiro atoms. The minimum atomic E-state index is -0.906. The van der Waals surface area contributed by atoms with Crippen molar-refractivity contribution in [1.29, 1.82) is 5.26 Å². The molecular weight excluding hydrogens is 476 g/mol. The van der Waals surface area contributed by atoms with Crippen LogP contribution in [0.15, 0.2) is 48.9 Å². The molecule has 2 saturated carbocycles. The van der Waals surface area contributed by atoms with Gasteiger partial charge in [0, 0.05) is 49.2 Å². The Morgan fingerprint density at radius 1 is 1.21 bits per heavy atom. The van der Waals surface area contributed by atoms with Crippen molar-refractivity contribution in [3.63, 3.8) is 0 Å². The molecule has 1 saturated heterocycles. The Balaban J connectivity index is 1.38. The minimum Gasteiger partial charge on any atom is -0.326 e. The number of rotatable bonds is 7. The second kappa shape index (κ2) is 9.71. The van der Waals surface area contributed by atoms with Gasteiger partial charge in [0.05, 0.1) is 23.6 Å². The first-order valence-electron chi connectivity index (χ1n) is 13.6. The maximum Gasteiger partial charge on any atom is 0.247 e. The lowest BCUT2D eigenvalue weighted by atomic mass is 9.83. The molecule has 3 aromatic rings. The number of benzene rings is 1. The maximum absolute atomic E-state index is 13.4. The van der Waals surface area contributed by atoms with Crippen LogP contribution in [0.25, 0.3) is 22.4 Å². The Hall–Kier alpha value is -3.99. The van der Waals surface area contributed by atoms with E-state index in [1.807, 2.05) is 41.2 Å². The summed E-state index contributed by atoms with van der Waals surface area (Å²) >= 11 is 0. The molecular formula is C30H32N6O2. The van der Waals surface area contributed by atoms with E-state index in [1.54, 1.807) is 11.1 Å². The van der Waals surface area contributed by atoms with Crippen LogP contribution in [-0.2, 0) is 16.1 Å². The second-order valence-corrected chi connectivity index (χ2v) is 11.0. The molecule has 38 heavy (non-hydrogen) atoms. The number of amides is 2. The van der Waals surface area contributed by atoms with Gasteiger partial charge in [-0.15, -0.1) is 0 Å². The van der Waals surface area contributed by atoms with Gasteiger partial charge in [0.15, 0.2) is 0 Å². The summed E-state index contributed by atoms with van der Waals surface area (Å²) in [5, 5.41) is 17.5. The van der Waals surface area contributed by atoms with Gasteiger partial charge in [-0.2, -0.15) is 10.4 Å². The lowest BCUT2D eigenvalue weighted by Crippen LogP contribution is -2.35. The van der Waals surface area contributed by atoms with Gasteiger partial charge in [-0.25, -0.2) is 0 Å². The smallest absolute Gasteiger partial charge is 0.247 e. The van der Waals surface area contributed by atoms with Crippen LogP contribution < -0.4 is 10.2 Å². The van der Waals surface area contributed by atoms with E-state index < -0.39 is 5.41 Å². The van der Waals surface area contributed by atoms with Crippen molar-refractivity contribution in [3.05, 3.63) is 48.9 Å². The summed E-state index contributed by atoms with van der Waals surface area (Å²) in [5.41, 5.74) is 3.77. The van der Waals surface area contributed by atoms with Crippen molar-refractivity contribution in [1.82, 2.24) is 14.8 Å². The number of nitrogens with zero attached hydrogens (tertiary/aromatic N) is 5. The third-order valence-corrected chi connectivity index (χ3v) is 8.38. The molecule has 3 heterocycles. The molecule has 3 aliphatic rings. The topological polar surface area (TPSA) is 104 Å². The Bertz CT molecular complexity index is 1430. The number of aromatic nitrogens is 3. The number of nitriles is 1. The summed E-state index contributed by atoms with van der Waals surface area (Å²) in [6, 6.07) is 11.9. The van der Waals surface area contributed by atoms with E-state index in [-0.39, 0.29) is 17.7 Å². The largest absolute Gasteiger partial charge is 0.326 e. The summed E-state index contributed by atoms with van der Waals surface area (Å²) in [4.78, 5) is 32.0. The highest BCUT2D eigenvalue weighted by atomic mass is 16.2. The van der Waals surface area contributed by atoms with Crippen molar-refractivity contribution in [3.8, 4) is 28.5 Å². The molecule has 8 nitrogen and oxygen atoms in total. The van der Waals surface area contributed by atoms with Crippen LogP contribution >= 0.6 is 0 Å². The molecule has 2 aromatic heterocycles. The first kappa shape index (κ1) is 24.4. The standard InChI is InChI=1S/C30H32N6O2/c1-20(37)34-26-8-4-7-25(22-16-33-35(18-22)17-21-5-2-3-6-21)28(26)27-15-24(11-13-32-27)36-14-12-30(19-31,29(36)38)23-9-10-23/h4,7-8,11,13,15-16,18,21,23H,2-3,5-6,9-10,12,14,17H2,1H3,(H,34,37)/t30-/m1/s1. The van der Waals surface area contributed by atoms with Gasteiger partial charge in [0.25, 0.3) is 0 Å². The van der Waals surface area contributed by atoms with Gasteiger partial charge >= 0.3 is 0 Å². The van der Waals surface area contributed by atoms with Crippen LogP contribution in [-0.4, -0.2) is 33.1 Å². The zero-order valence-corrected chi connectivity index (χ0v) is 21.7. The van der Waals surface area contributed by atoms with Gasteiger partial charge in [0.2, 0.25) is 11.8 Å². The predicted molar refractivity (Wildman–Crippen MR) is 145 cm³/mol. The molecule has 6 rings (SSSR count). The lowest BCUT2D eigenvalue weighted by molar-refractivity contribution is -0.123. The summed E-state index contributed by atoms with van der Waals surface area (Å²) in [6.45, 7) is 2.91. The molecule has 194 valence electrons. The Morgan fingerprint density at radius 2 is 2.03 bits per heavy atom. The Labute approximate surface area is 222 Å². The van der Waals surface area contributed by atoms with Crippen LogP contribution in [0, 0.1) is 28.6 Å². The fraction of sp³-hybridized carbons (Fsp3) is 0.433. The molecule has 0 radical (unpaired) electrons. The Morgan fingerprint density at radius 3 is 2.76 bits per heavy atom. The molecule has 0 bridgehead atoms. The minimum absolute atomic E-state index is 0.108. The fourth-order valence-electron chi connectivity index (χ4n) is 6.28. The molecule has 1 atom stereocenters. The van der Waals surface area contributed by atoms with Gasteiger partial charge in [-0.05, 0) is 67.7 Å². The van der Waals surface area contributed by atoms with Crippen molar-refractivity contribution >= 4 is 23.2 Å². The van der Waals surface area contributed by atoms with Crippen molar-refractivity contribution < 1.29 is 9.59 Å². The number of hydrogen-bond donors (Lipinski definition) is 1. The van der Waals surface area contributed by atoms with Crippen LogP contribution in [0.4, 0.5) is 11.4 Å². The van der Waals surface area contributed by atoms with E-state index in [0.29, 0.717) is 30.3 Å². The van der Waals surface area contributed by atoms with Gasteiger partial charge in [0.1, 0.15) is 5.41 Å². The molecule has 1 N–H and O–H groups in total.